The quantitative estimate of drug-likeness (QED) is 0.633. The molecule has 1 aromatic rings. The van der Waals surface area contributed by atoms with Crippen LogP contribution in [-0.2, 0) is 11.8 Å². The van der Waals surface area contributed by atoms with Gasteiger partial charge in [-0.2, -0.15) is 0 Å². The van der Waals surface area contributed by atoms with E-state index >= 15 is 0 Å². The van der Waals surface area contributed by atoms with Gasteiger partial charge in [-0.25, -0.2) is 0 Å². The Hall–Kier alpha value is -1.04. The van der Waals surface area contributed by atoms with E-state index in [4.69, 9.17) is 0 Å². The Balaban J connectivity index is 2.69. The average Bonchev–Trinajstić information content (AvgIpc) is 2.14. The van der Waals surface area contributed by atoms with Gasteiger partial charge in [0.15, 0.2) is 0 Å². The molecule has 15 heavy (non-hydrogen) atoms. The molecule has 0 nitrogen and oxygen atoms in total. The van der Waals surface area contributed by atoms with Gasteiger partial charge in [0.05, 0.1) is 0 Å². The standard InChI is InChI=1S/C15H22/c1-12(2)6-7-13-8-10-14(11-9-13)15(3,4)5/h8-11H,1,6-7H2,2-5H3. The minimum Gasteiger partial charge on any atom is -0.100 e. The summed E-state index contributed by atoms with van der Waals surface area (Å²) in [5, 5.41) is 0. The minimum absolute atomic E-state index is 0.257. The lowest BCUT2D eigenvalue weighted by Gasteiger charge is -2.19. The van der Waals surface area contributed by atoms with Gasteiger partial charge in [0, 0.05) is 0 Å². The zero-order valence-electron chi connectivity index (χ0n) is 10.4. The number of benzene rings is 1. The maximum absolute atomic E-state index is 3.93. The average molecular weight is 202 g/mol. The van der Waals surface area contributed by atoms with E-state index in [2.05, 4.69) is 58.5 Å². The van der Waals surface area contributed by atoms with Gasteiger partial charge in [-0.1, -0.05) is 50.6 Å². The normalized spacial score (nSPS) is 11.5. The Labute approximate surface area is 94.0 Å². The Morgan fingerprint density at radius 3 is 2.07 bits per heavy atom. The zero-order chi connectivity index (χ0) is 11.5. The molecule has 82 valence electrons. The molecule has 0 heterocycles. The smallest absolute Gasteiger partial charge is 0.0132 e. The van der Waals surface area contributed by atoms with Crippen LogP contribution in [0.1, 0.15) is 45.2 Å². The van der Waals surface area contributed by atoms with Gasteiger partial charge in [-0.3, -0.25) is 0 Å². The SMILES string of the molecule is C=C(C)CCc1ccc(C(C)(C)C)cc1. The second-order valence-corrected chi connectivity index (χ2v) is 5.40. The highest BCUT2D eigenvalue weighted by molar-refractivity contribution is 5.27. The second kappa shape index (κ2) is 4.65. The number of hydrogen-bond donors (Lipinski definition) is 0. The van der Waals surface area contributed by atoms with E-state index in [-0.39, 0.29) is 5.41 Å². The van der Waals surface area contributed by atoms with E-state index in [1.165, 1.54) is 16.7 Å². The van der Waals surface area contributed by atoms with Gasteiger partial charge in [0.25, 0.3) is 0 Å². The van der Waals surface area contributed by atoms with Crippen LogP contribution in [0.25, 0.3) is 0 Å². The fourth-order valence-corrected chi connectivity index (χ4v) is 1.53. The van der Waals surface area contributed by atoms with Crippen LogP contribution in [0.3, 0.4) is 0 Å². The molecular formula is C15H22. The van der Waals surface area contributed by atoms with E-state index in [1.54, 1.807) is 0 Å². The molecule has 0 bridgehead atoms. The van der Waals surface area contributed by atoms with Gasteiger partial charge in [0.2, 0.25) is 0 Å². The van der Waals surface area contributed by atoms with E-state index < -0.39 is 0 Å². The van der Waals surface area contributed by atoms with E-state index in [0.29, 0.717) is 0 Å². The highest BCUT2D eigenvalue weighted by Gasteiger charge is 2.12. The third kappa shape index (κ3) is 3.91. The summed E-state index contributed by atoms with van der Waals surface area (Å²) >= 11 is 0. The highest BCUT2D eigenvalue weighted by Crippen LogP contribution is 2.22. The Morgan fingerprint density at radius 1 is 1.13 bits per heavy atom. The van der Waals surface area contributed by atoms with Crippen molar-refractivity contribution in [3.63, 3.8) is 0 Å². The zero-order valence-corrected chi connectivity index (χ0v) is 10.4. The highest BCUT2D eigenvalue weighted by atomic mass is 14.2. The molecular weight excluding hydrogens is 180 g/mol. The van der Waals surface area contributed by atoms with Crippen molar-refractivity contribution in [3.8, 4) is 0 Å². The predicted molar refractivity (Wildman–Crippen MR) is 68.3 cm³/mol. The van der Waals surface area contributed by atoms with Crippen molar-refractivity contribution in [2.24, 2.45) is 0 Å². The number of hydrogen-bond acceptors (Lipinski definition) is 0. The monoisotopic (exact) mass is 202 g/mol. The molecule has 0 fully saturated rings. The van der Waals surface area contributed by atoms with Crippen LogP contribution in [0.2, 0.25) is 0 Å². The van der Waals surface area contributed by atoms with Crippen molar-refractivity contribution in [2.45, 2.75) is 46.0 Å². The summed E-state index contributed by atoms with van der Waals surface area (Å²) in [6.07, 6.45) is 2.20. The van der Waals surface area contributed by atoms with Crippen LogP contribution in [0, 0.1) is 0 Å². The third-order valence-corrected chi connectivity index (χ3v) is 2.66. The van der Waals surface area contributed by atoms with Crippen LogP contribution in [-0.4, -0.2) is 0 Å². The van der Waals surface area contributed by atoms with Crippen LogP contribution in [0.4, 0.5) is 0 Å². The third-order valence-electron chi connectivity index (χ3n) is 2.66. The summed E-state index contributed by atoms with van der Waals surface area (Å²) in [5.41, 5.74) is 4.33. The number of aryl methyl sites for hydroxylation is 1. The maximum Gasteiger partial charge on any atom is -0.0132 e. The van der Waals surface area contributed by atoms with Gasteiger partial charge in [0.1, 0.15) is 0 Å². The Morgan fingerprint density at radius 2 is 1.67 bits per heavy atom. The van der Waals surface area contributed by atoms with Gasteiger partial charge in [-0.15, -0.1) is 6.58 Å². The molecule has 0 unspecified atom stereocenters. The molecule has 0 aromatic heterocycles. The molecule has 0 amide bonds. The molecule has 0 aliphatic carbocycles. The first-order valence-corrected chi connectivity index (χ1v) is 5.63. The molecule has 0 saturated heterocycles. The summed E-state index contributed by atoms with van der Waals surface area (Å²) in [6, 6.07) is 8.97. The maximum atomic E-state index is 3.93. The summed E-state index contributed by atoms with van der Waals surface area (Å²) < 4.78 is 0. The van der Waals surface area contributed by atoms with Crippen LogP contribution < -0.4 is 0 Å². The summed E-state index contributed by atoms with van der Waals surface area (Å²) in [4.78, 5) is 0. The molecule has 0 heteroatoms. The topological polar surface area (TPSA) is 0 Å². The summed E-state index contributed by atoms with van der Waals surface area (Å²) in [7, 11) is 0. The fraction of sp³-hybridized carbons (Fsp3) is 0.467. The first-order chi connectivity index (χ1) is 6.89. The lowest BCUT2D eigenvalue weighted by Crippen LogP contribution is -2.10. The fourth-order valence-electron chi connectivity index (χ4n) is 1.53. The largest absolute Gasteiger partial charge is 0.100 e. The van der Waals surface area contributed by atoms with Crippen molar-refractivity contribution in [2.75, 3.05) is 0 Å². The summed E-state index contributed by atoms with van der Waals surface area (Å²) in [5.74, 6) is 0. The summed E-state index contributed by atoms with van der Waals surface area (Å²) in [6.45, 7) is 12.8. The van der Waals surface area contributed by atoms with E-state index in [9.17, 15) is 0 Å². The van der Waals surface area contributed by atoms with Crippen molar-refractivity contribution >= 4 is 0 Å². The van der Waals surface area contributed by atoms with E-state index in [1.807, 2.05) is 0 Å². The first-order valence-electron chi connectivity index (χ1n) is 5.63. The van der Waals surface area contributed by atoms with Gasteiger partial charge >= 0.3 is 0 Å². The van der Waals surface area contributed by atoms with Crippen molar-refractivity contribution in [3.05, 3.63) is 47.5 Å². The Bertz CT molecular complexity index is 322. The lowest BCUT2D eigenvalue weighted by molar-refractivity contribution is 0.590. The predicted octanol–water partition coefficient (Wildman–Crippen LogP) is 4.49. The lowest BCUT2D eigenvalue weighted by atomic mass is 9.86. The van der Waals surface area contributed by atoms with Crippen molar-refractivity contribution in [1.29, 1.82) is 0 Å². The molecule has 0 saturated carbocycles. The minimum atomic E-state index is 0.257. The molecule has 0 N–H and O–H groups in total. The molecule has 0 aliphatic heterocycles. The van der Waals surface area contributed by atoms with Crippen molar-refractivity contribution in [1.82, 2.24) is 0 Å². The van der Waals surface area contributed by atoms with Crippen LogP contribution >= 0.6 is 0 Å². The molecule has 1 rings (SSSR count). The number of rotatable bonds is 3. The first kappa shape index (κ1) is 12.0. The van der Waals surface area contributed by atoms with Crippen molar-refractivity contribution < 1.29 is 0 Å². The van der Waals surface area contributed by atoms with Gasteiger partial charge < -0.3 is 0 Å². The molecule has 1 aromatic carbocycles. The number of allylic oxidation sites excluding steroid dienone is 1. The van der Waals surface area contributed by atoms with E-state index in [0.717, 1.165) is 12.8 Å². The second-order valence-electron chi connectivity index (χ2n) is 5.40. The molecule has 0 radical (unpaired) electrons. The Kier molecular flexibility index (Phi) is 3.73. The molecule has 0 aliphatic rings. The molecule has 0 spiro atoms. The molecule has 0 atom stereocenters. The van der Waals surface area contributed by atoms with Crippen LogP contribution in [0.5, 0.6) is 0 Å². The van der Waals surface area contributed by atoms with Gasteiger partial charge in [-0.05, 0) is 36.3 Å². The van der Waals surface area contributed by atoms with Crippen LogP contribution in [0.15, 0.2) is 36.4 Å².